The summed E-state index contributed by atoms with van der Waals surface area (Å²) in [5.74, 6) is 0.791. The summed E-state index contributed by atoms with van der Waals surface area (Å²) in [4.78, 5) is 15.9. The molecule has 6 nitrogen and oxygen atoms in total. The molecule has 1 amide bonds. The molecule has 1 saturated carbocycles. The van der Waals surface area contributed by atoms with Crippen LogP contribution in [-0.2, 0) is 0 Å². The zero-order chi connectivity index (χ0) is 18.9. The van der Waals surface area contributed by atoms with Crippen LogP contribution < -0.4 is 16.0 Å². The first kappa shape index (κ1) is 18.4. The van der Waals surface area contributed by atoms with Gasteiger partial charge in [0.1, 0.15) is 0 Å². The lowest BCUT2D eigenvalue weighted by atomic mass is 9.60. The van der Waals surface area contributed by atoms with Gasteiger partial charge in [-0.25, -0.2) is 4.79 Å². The lowest BCUT2D eigenvalue weighted by Crippen LogP contribution is -2.55. The van der Waals surface area contributed by atoms with Crippen molar-refractivity contribution < 1.29 is 9.90 Å². The van der Waals surface area contributed by atoms with Crippen LogP contribution in [0.3, 0.4) is 0 Å². The van der Waals surface area contributed by atoms with Crippen LogP contribution in [0.2, 0.25) is 0 Å². The fraction of sp³-hybridized carbons (Fsp3) is 0.667. The van der Waals surface area contributed by atoms with E-state index in [-0.39, 0.29) is 6.04 Å². The molecular weight excluding hydrogens is 340 g/mol. The number of nitrogens with one attached hydrogen (secondary N) is 1. The van der Waals surface area contributed by atoms with Gasteiger partial charge in [0.15, 0.2) is 0 Å². The highest BCUT2D eigenvalue weighted by Crippen LogP contribution is 2.49. The summed E-state index contributed by atoms with van der Waals surface area (Å²) < 4.78 is 0. The van der Waals surface area contributed by atoms with Crippen molar-refractivity contribution in [1.82, 2.24) is 10.2 Å². The maximum absolute atomic E-state index is 10.7. The van der Waals surface area contributed by atoms with Crippen molar-refractivity contribution in [1.29, 1.82) is 0 Å². The predicted octanol–water partition coefficient (Wildman–Crippen LogP) is 3.00. The maximum atomic E-state index is 10.7. The van der Waals surface area contributed by atoms with Crippen molar-refractivity contribution in [2.75, 3.05) is 43.4 Å². The van der Waals surface area contributed by atoms with Gasteiger partial charge in [-0.1, -0.05) is 6.07 Å². The highest BCUT2D eigenvalue weighted by Gasteiger charge is 2.46. The molecule has 3 aliphatic rings. The number of carboxylic acid groups (broad SMARTS) is 1. The molecule has 0 bridgehead atoms. The third-order valence-corrected chi connectivity index (χ3v) is 6.97. The molecule has 2 heterocycles. The van der Waals surface area contributed by atoms with Gasteiger partial charge in [0, 0.05) is 37.1 Å². The van der Waals surface area contributed by atoms with Crippen LogP contribution in [0.5, 0.6) is 0 Å². The number of hydrogen-bond donors (Lipinski definition) is 3. The normalized spacial score (nSPS) is 23.9. The summed E-state index contributed by atoms with van der Waals surface area (Å²) in [5, 5.41) is 11.5. The molecule has 6 heteroatoms. The molecule has 1 aromatic rings. The van der Waals surface area contributed by atoms with Crippen LogP contribution in [0, 0.1) is 11.3 Å². The largest absolute Gasteiger partial charge is 0.465 e. The van der Waals surface area contributed by atoms with E-state index in [1.807, 2.05) is 12.1 Å². The molecular formula is C21H32N4O2. The van der Waals surface area contributed by atoms with E-state index < -0.39 is 6.09 Å². The Labute approximate surface area is 161 Å². The van der Waals surface area contributed by atoms with Crippen LogP contribution in [-0.4, -0.2) is 54.9 Å². The molecule has 2 aliphatic heterocycles. The number of anilines is 2. The van der Waals surface area contributed by atoms with E-state index in [1.54, 1.807) is 0 Å². The van der Waals surface area contributed by atoms with E-state index in [9.17, 15) is 4.79 Å². The third kappa shape index (κ3) is 4.32. The average molecular weight is 373 g/mol. The fourth-order valence-electron chi connectivity index (χ4n) is 5.34. The van der Waals surface area contributed by atoms with Crippen molar-refractivity contribution in [2.45, 2.75) is 44.6 Å². The molecule has 0 radical (unpaired) electrons. The number of nitrogens with two attached hydrogens (primary N) is 1. The molecule has 0 atom stereocenters. The van der Waals surface area contributed by atoms with Gasteiger partial charge in [0.25, 0.3) is 0 Å². The number of rotatable bonds is 4. The predicted molar refractivity (Wildman–Crippen MR) is 108 cm³/mol. The number of piperidine rings is 2. The Balaban J connectivity index is 1.18. The van der Waals surface area contributed by atoms with Gasteiger partial charge < -0.3 is 26.0 Å². The molecule has 1 aromatic carbocycles. The summed E-state index contributed by atoms with van der Waals surface area (Å²) in [6.45, 7) is 5.81. The molecule has 1 aliphatic carbocycles. The molecule has 0 aromatic heterocycles. The van der Waals surface area contributed by atoms with Crippen LogP contribution in [0.4, 0.5) is 16.2 Å². The number of amides is 1. The first-order valence-corrected chi connectivity index (χ1v) is 10.3. The monoisotopic (exact) mass is 372 g/mol. The Morgan fingerprint density at radius 1 is 1.19 bits per heavy atom. The Morgan fingerprint density at radius 3 is 2.52 bits per heavy atom. The van der Waals surface area contributed by atoms with Gasteiger partial charge in [-0.05, 0) is 81.1 Å². The molecule has 4 N–H and O–H groups in total. The van der Waals surface area contributed by atoms with Gasteiger partial charge in [0.2, 0.25) is 0 Å². The Kier molecular flexibility index (Phi) is 5.17. The highest BCUT2D eigenvalue weighted by molar-refractivity contribution is 5.65. The number of benzene rings is 1. The number of hydrogen-bond acceptors (Lipinski definition) is 4. The average Bonchev–Trinajstić information content (AvgIpc) is 2.62. The van der Waals surface area contributed by atoms with Crippen molar-refractivity contribution in [3.05, 3.63) is 24.3 Å². The van der Waals surface area contributed by atoms with E-state index in [0.29, 0.717) is 5.41 Å². The van der Waals surface area contributed by atoms with E-state index in [1.165, 1.54) is 51.0 Å². The number of likely N-dealkylation sites (tertiary alicyclic amines) is 1. The standard InChI is InChI=1S/C21H32N4O2/c22-17-2-1-3-19(12-17)25-8-4-16(5-9-25)15-24-10-6-21(7-11-24)13-18(14-21)23-20(26)27/h1-3,12,16,18,23H,4-11,13-15,22H2,(H,26,27). The molecule has 3 fully saturated rings. The van der Waals surface area contributed by atoms with Crippen molar-refractivity contribution in [3.8, 4) is 0 Å². The first-order chi connectivity index (χ1) is 13.0. The minimum Gasteiger partial charge on any atom is -0.465 e. The summed E-state index contributed by atoms with van der Waals surface area (Å²) in [6, 6.07) is 8.41. The van der Waals surface area contributed by atoms with Crippen molar-refractivity contribution in [3.63, 3.8) is 0 Å². The maximum Gasteiger partial charge on any atom is 0.404 e. The minimum atomic E-state index is -0.878. The molecule has 4 rings (SSSR count). The second-order valence-electron chi connectivity index (χ2n) is 8.88. The lowest BCUT2D eigenvalue weighted by molar-refractivity contribution is 0.00243. The zero-order valence-corrected chi connectivity index (χ0v) is 16.1. The molecule has 0 unspecified atom stereocenters. The molecule has 27 heavy (non-hydrogen) atoms. The van der Waals surface area contributed by atoms with Gasteiger partial charge in [-0.2, -0.15) is 0 Å². The summed E-state index contributed by atoms with van der Waals surface area (Å²) in [7, 11) is 0. The van der Waals surface area contributed by atoms with Crippen LogP contribution in [0.15, 0.2) is 24.3 Å². The summed E-state index contributed by atoms with van der Waals surface area (Å²) >= 11 is 0. The van der Waals surface area contributed by atoms with E-state index in [0.717, 1.165) is 37.5 Å². The highest BCUT2D eigenvalue weighted by atomic mass is 16.4. The number of nitrogen functional groups attached to an aromatic ring is 1. The first-order valence-electron chi connectivity index (χ1n) is 10.3. The van der Waals surface area contributed by atoms with Crippen LogP contribution >= 0.6 is 0 Å². The molecule has 2 saturated heterocycles. The summed E-state index contributed by atoms with van der Waals surface area (Å²) in [5.41, 5.74) is 8.43. The summed E-state index contributed by atoms with van der Waals surface area (Å²) in [6.07, 6.45) is 6.15. The number of nitrogens with zero attached hydrogens (tertiary/aromatic N) is 2. The fourth-order valence-corrected chi connectivity index (χ4v) is 5.34. The van der Waals surface area contributed by atoms with Gasteiger partial charge >= 0.3 is 6.09 Å². The topological polar surface area (TPSA) is 81.8 Å². The second-order valence-corrected chi connectivity index (χ2v) is 8.88. The SMILES string of the molecule is Nc1cccc(N2CCC(CN3CCC4(CC3)CC(NC(=O)O)C4)CC2)c1. The minimum absolute atomic E-state index is 0.186. The number of carbonyl (C=O) groups is 1. The zero-order valence-electron chi connectivity index (χ0n) is 16.1. The lowest BCUT2D eigenvalue weighted by Gasteiger charge is -2.52. The van der Waals surface area contributed by atoms with Crippen LogP contribution in [0.1, 0.15) is 38.5 Å². The van der Waals surface area contributed by atoms with E-state index >= 15 is 0 Å². The van der Waals surface area contributed by atoms with Gasteiger partial charge in [0.05, 0.1) is 0 Å². The third-order valence-electron chi connectivity index (χ3n) is 6.97. The van der Waals surface area contributed by atoms with Crippen molar-refractivity contribution >= 4 is 17.5 Å². The Hall–Kier alpha value is -1.95. The Bertz CT molecular complexity index is 656. The van der Waals surface area contributed by atoms with Gasteiger partial charge in [-0.15, -0.1) is 0 Å². The Morgan fingerprint density at radius 2 is 1.89 bits per heavy atom. The smallest absolute Gasteiger partial charge is 0.404 e. The van der Waals surface area contributed by atoms with E-state index in [4.69, 9.17) is 10.8 Å². The van der Waals surface area contributed by atoms with E-state index in [2.05, 4.69) is 27.2 Å². The van der Waals surface area contributed by atoms with Crippen LogP contribution in [0.25, 0.3) is 0 Å². The molecule has 148 valence electrons. The quantitative estimate of drug-likeness (QED) is 0.708. The van der Waals surface area contributed by atoms with Gasteiger partial charge in [-0.3, -0.25) is 0 Å². The second kappa shape index (κ2) is 7.58. The van der Waals surface area contributed by atoms with Crippen molar-refractivity contribution in [2.24, 2.45) is 11.3 Å². The molecule has 1 spiro atoms.